The van der Waals surface area contributed by atoms with E-state index < -0.39 is 17.1 Å². The van der Waals surface area contributed by atoms with Crippen LogP contribution in [-0.2, 0) is 0 Å². The molecule has 8 nitrogen and oxygen atoms in total. The van der Waals surface area contributed by atoms with Gasteiger partial charge in [-0.15, -0.1) is 0 Å². The molecule has 0 aliphatic heterocycles. The molecule has 26 heavy (non-hydrogen) atoms. The number of H-pyrrole nitrogens is 1. The number of carbonyl (C=O) groups is 1. The minimum absolute atomic E-state index is 0.337. The zero-order valence-corrected chi connectivity index (χ0v) is 13.3. The largest absolute Gasteiger partial charge is 0.477 e. The quantitative estimate of drug-likeness (QED) is 0.586. The van der Waals surface area contributed by atoms with Crippen LogP contribution in [0.2, 0.25) is 0 Å². The van der Waals surface area contributed by atoms with Gasteiger partial charge in [-0.1, -0.05) is 6.07 Å². The van der Waals surface area contributed by atoms with Crippen molar-refractivity contribution in [1.82, 2.24) is 19.6 Å². The van der Waals surface area contributed by atoms with Gasteiger partial charge in [0.2, 0.25) is 5.88 Å². The fourth-order valence-corrected chi connectivity index (χ4v) is 2.49. The van der Waals surface area contributed by atoms with E-state index in [4.69, 9.17) is 9.84 Å². The third-order valence-corrected chi connectivity index (χ3v) is 3.75. The van der Waals surface area contributed by atoms with Gasteiger partial charge in [-0.05, 0) is 35.9 Å². The molecule has 0 aliphatic carbocycles. The Morgan fingerprint density at radius 1 is 1.12 bits per heavy atom. The Bertz CT molecular complexity index is 1150. The van der Waals surface area contributed by atoms with E-state index in [1.54, 1.807) is 36.5 Å². The first-order valence-electron chi connectivity index (χ1n) is 7.65. The van der Waals surface area contributed by atoms with Crippen molar-refractivity contribution in [2.75, 3.05) is 0 Å². The second-order valence-corrected chi connectivity index (χ2v) is 5.44. The number of carboxylic acids is 1. The Morgan fingerprint density at radius 3 is 2.62 bits per heavy atom. The van der Waals surface area contributed by atoms with Crippen LogP contribution in [0.1, 0.15) is 10.4 Å². The maximum Gasteiger partial charge on any atom is 0.343 e. The lowest BCUT2D eigenvalue weighted by atomic mass is 10.1. The summed E-state index contributed by atoms with van der Waals surface area (Å²) in [5.74, 6) is -0.209. The Balaban J connectivity index is 1.66. The van der Waals surface area contributed by atoms with Gasteiger partial charge in [-0.25, -0.2) is 19.3 Å². The molecule has 0 aliphatic rings. The highest BCUT2D eigenvalue weighted by atomic mass is 16.5. The van der Waals surface area contributed by atoms with Crippen molar-refractivity contribution in [2.45, 2.75) is 0 Å². The topological polar surface area (TPSA) is 110 Å². The summed E-state index contributed by atoms with van der Waals surface area (Å²) in [5, 5.41) is 11.9. The van der Waals surface area contributed by atoms with Crippen LogP contribution in [0.4, 0.5) is 0 Å². The molecule has 0 unspecified atom stereocenters. The smallest absolute Gasteiger partial charge is 0.343 e. The Labute approximate surface area is 146 Å². The second kappa shape index (κ2) is 6.17. The lowest BCUT2D eigenvalue weighted by Gasteiger charge is -2.04. The molecule has 2 N–H and O–H groups in total. The van der Waals surface area contributed by atoms with Gasteiger partial charge in [0.15, 0.2) is 5.65 Å². The summed E-state index contributed by atoms with van der Waals surface area (Å²) < 4.78 is 6.74. The van der Waals surface area contributed by atoms with Gasteiger partial charge in [-0.2, -0.15) is 0 Å². The van der Waals surface area contributed by atoms with Crippen molar-refractivity contribution < 1.29 is 14.6 Å². The van der Waals surface area contributed by atoms with E-state index in [1.807, 2.05) is 18.2 Å². The van der Waals surface area contributed by atoms with E-state index >= 15 is 0 Å². The van der Waals surface area contributed by atoms with Crippen LogP contribution in [-0.4, -0.2) is 30.7 Å². The fraction of sp³-hybridized carbons (Fsp3) is 0. The molecule has 0 amide bonds. The maximum absolute atomic E-state index is 12.2. The zero-order chi connectivity index (χ0) is 18.1. The molecule has 0 atom stereocenters. The summed E-state index contributed by atoms with van der Waals surface area (Å²) >= 11 is 0. The molecule has 128 valence electrons. The summed E-state index contributed by atoms with van der Waals surface area (Å²) in [7, 11) is 0. The van der Waals surface area contributed by atoms with Gasteiger partial charge in [0.05, 0.1) is 5.69 Å². The molecule has 0 spiro atoms. The van der Waals surface area contributed by atoms with Crippen LogP contribution < -0.4 is 10.3 Å². The molecule has 4 aromatic rings. The number of aromatic carboxylic acids is 1. The molecule has 3 heterocycles. The number of nitrogens with one attached hydrogen (secondary N) is 1. The molecule has 1 aromatic carbocycles. The molecule has 0 saturated carbocycles. The lowest BCUT2D eigenvalue weighted by molar-refractivity contribution is 0.0694. The molecule has 8 heteroatoms. The van der Waals surface area contributed by atoms with E-state index in [0.29, 0.717) is 23.0 Å². The molecule has 0 fully saturated rings. The highest BCUT2D eigenvalue weighted by Gasteiger charge is 2.14. The van der Waals surface area contributed by atoms with Crippen molar-refractivity contribution in [3.63, 3.8) is 0 Å². The number of fused-ring (bicyclic) bond motifs is 1. The number of aromatic amines is 1. The molecular formula is C18H12N4O4. The maximum atomic E-state index is 12.2. The number of pyridine rings is 1. The van der Waals surface area contributed by atoms with Crippen LogP contribution in [0.15, 0.2) is 65.7 Å². The summed E-state index contributed by atoms with van der Waals surface area (Å²) in [6.07, 6.45) is 2.70. The number of aromatic nitrogens is 4. The first-order chi connectivity index (χ1) is 12.6. The van der Waals surface area contributed by atoms with Gasteiger partial charge in [0, 0.05) is 24.5 Å². The van der Waals surface area contributed by atoms with Gasteiger partial charge >= 0.3 is 5.97 Å². The predicted molar refractivity (Wildman–Crippen MR) is 92.5 cm³/mol. The average Bonchev–Trinajstić information content (AvgIpc) is 3.08. The molecule has 4 rings (SSSR count). The van der Waals surface area contributed by atoms with E-state index in [0.717, 1.165) is 16.3 Å². The van der Waals surface area contributed by atoms with Gasteiger partial charge in [0.1, 0.15) is 11.3 Å². The van der Waals surface area contributed by atoms with Crippen molar-refractivity contribution >= 4 is 11.6 Å². The van der Waals surface area contributed by atoms with E-state index in [2.05, 4.69) is 15.1 Å². The molecule has 0 saturated heterocycles. The van der Waals surface area contributed by atoms with Crippen molar-refractivity contribution in [1.29, 1.82) is 0 Å². The molecule has 0 bridgehead atoms. The van der Waals surface area contributed by atoms with E-state index in [1.165, 1.54) is 0 Å². The molecule has 3 aromatic heterocycles. The van der Waals surface area contributed by atoms with Crippen LogP contribution in [0.3, 0.4) is 0 Å². The summed E-state index contributed by atoms with van der Waals surface area (Å²) in [6, 6.07) is 14.2. The number of nitrogens with zero attached hydrogens (tertiary/aromatic N) is 3. The van der Waals surface area contributed by atoms with Crippen molar-refractivity contribution in [3.05, 3.63) is 76.8 Å². The Morgan fingerprint density at radius 2 is 1.92 bits per heavy atom. The fourth-order valence-electron chi connectivity index (χ4n) is 2.49. The van der Waals surface area contributed by atoms with Crippen LogP contribution in [0.25, 0.3) is 16.9 Å². The van der Waals surface area contributed by atoms with E-state index in [-0.39, 0.29) is 0 Å². The van der Waals surface area contributed by atoms with Crippen LogP contribution >= 0.6 is 0 Å². The first-order valence-corrected chi connectivity index (χ1v) is 7.65. The predicted octanol–water partition coefficient (Wildman–Crippen LogP) is 2.58. The molecule has 0 radical (unpaired) electrons. The standard InChI is InChI=1S/C18H12N4O4/c23-17-13(18(24)25)10-20-15-9-14(21-22(15)17)11-4-6-12(7-5-11)26-16-3-1-2-8-19-16/h1-10,21H,(H,24,25). The summed E-state index contributed by atoms with van der Waals surface area (Å²) in [6.45, 7) is 0. The van der Waals surface area contributed by atoms with Gasteiger partial charge in [-0.3, -0.25) is 9.89 Å². The number of benzene rings is 1. The minimum atomic E-state index is -1.32. The number of hydrogen-bond acceptors (Lipinski definition) is 5. The summed E-state index contributed by atoms with van der Waals surface area (Å²) in [4.78, 5) is 31.3. The zero-order valence-electron chi connectivity index (χ0n) is 13.3. The number of rotatable bonds is 4. The Hall–Kier alpha value is -3.94. The van der Waals surface area contributed by atoms with Crippen molar-refractivity contribution in [2.24, 2.45) is 0 Å². The highest BCUT2D eigenvalue weighted by Crippen LogP contribution is 2.24. The third-order valence-electron chi connectivity index (χ3n) is 3.75. The lowest BCUT2D eigenvalue weighted by Crippen LogP contribution is -2.22. The normalized spacial score (nSPS) is 10.8. The minimum Gasteiger partial charge on any atom is -0.477 e. The van der Waals surface area contributed by atoms with Crippen LogP contribution in [0, 0.1) is 0 Å². The highest BCUT2D eigenvalue weighted by molar-refractivity contribution is 5.87. The van der Waals surface area contributed by atoms with E-state index in [9.17, 15) is 9.59 Å². The number of hydrogen-bond donors (Lipinski definition) is 2. The van der Waals surface area contributed by atoms with Crippen molar-refractivity contribution in [3.8, 4) is 22.9 Å². The first kappa shape index (κ1) is 15.6. The van der Waals surface area contributed by atoms with Gasteiger partial charge < -0.3 is 9.84 Å². The van der Waals surface area contributed by atoms with Gasteiger partial charge in [0.25, 0.3) is 5.56 Å². The average molecular weight is 348 g/mol. The summed E-state index contributed by atoms with van der Waals surface area (Å²) in [5.41, 5.74) is 0.698. The number of carboxylic acid groups (broad SMARTS) is 1. The SMILES string of the molecule is O=C(O)c1cnc2cc(-c3ccc(Oc4ccccn4)cc3)[nH]n2c1=O. The van der Waals surface area contributed by atoms with Crippen LogP contribution in [0.5, 0.6) is 11.6 Å². The number of ether oxygens (including phenoxy) is 1. The molecular weight excluding hydrogens is 336 g/mol. The monoisotopic (exact) mass is 348 g/mol. The Kier molecular flexibility index (Phi) is 3.70. The second-order valence-electron chi connectivity index (χ2n) is 5.44. The third kappa shape index (κ3) is 2.80.